The van der Waals surface area contributed by atoms with Gasteiger partial charge < -0.3 is 10.6 Å². The second kappa shape index (κ2) is 6.38. The monoisotopic (exact) mass is 274 g/mol. The number of rotatable bonds is 3. The first-order valence-corrected chi connectivity index (χ1v) is 6.76. The molecule has 96 valence electrons. The van der Waals surface area contributed by atoms with Crippen LogP contribution < -0.4 is 5.73 Å². The van der Waals surface area contributed by atoms with Crippen LogP contribution >= 0.6 is 23.7 Å². The molecule has 1 unspecified atom stereocenters. The molecule has 0 aliphatic carbocycles. The third-order valence-corrected chi connectivity index (χ3v) is 3.92. The lowest BCUT2D eigenvalue weighted by atomic mass is 10.1. The van der Waals surface area contributed by atoms with Crippen molar-refractivity contribution in [2.45, 2.75) is 38.3 Å². The molecule has 2 atom stereocenters. The number of thiophene rings is 1. The van der Waals surface area contributed by atoms with Crippen LogP contribution in [0, 0.1) is 0 Å². The summed E-state index contributed by atoms with van der Waals surface area (Å²) in [5.41, 5.74) is 7.09. The summed E-state index contributed by atoms with van der Waals surface area (Å²) in [4.78, 5) is 14.0. The van der Waals surface area contributed by atoms with E-state index in [0.29, 0.717) is 6.42 Å². The molecule has 2 rings (SSSR count). The first-order chi connectivity index (χ1) is 7.74. The molecule has 0 bridgehead atoms. The van der Waals surface area contributed by atoms with Gasteiger partial charge in [-0.05, 0) is 41.7 Å². The van der Waals surface area contributed by atoms with Gasteiger partial charge in [0.1, 0.15) is 0 Å². The van der Waals surface area contributed by atoms with Crippen molar-refractivity contribution >= 4 is 29.7 Å². The van der Waals surface area contributed by atoms with Crippen LogP contribution in [-0.4, -0.2) is 23.4 Å². The van der Waals surface area contributed by atoms with Crippen LogP contribution in [0.3, 0.4) is 0 Å². The number of carbonyl (C=O) groups is 1. The number of carbonyl (C=O) groups excluding carboxylic acids is 1. The zero-order chi connectivity index (χ0) is 11.5. The topological polar surface area (TPSA) is 46.3 Å². The van der Waals surface area contributed by atoms with Gasteiger partial charge in [0.2, 0.25) is 5.91 Å². The maximum absolute atomic E-state index is 12.1. The molecule has 2 heterocycles. The average molecular weight is 275 g/mol. The van der Waals surface area contributed by atoms with Crippen LogP contribution in [0.4, 0.5) is 0 Å². The van der Waals surface area contributed by atoms with Crippen LogP contribution in [0.25, 0.3) is 0 Å². The van der Waals surface area contributed by atoms with Gasteiger partial charge in [-0.25, -0.2) is 0 Å². The molecule has 1 fully saturated rings. The first kappa shape index (κ1) is 14.5. The quantitative estimate of drug-likeness (QED) is 0.921. The number of hydrogen-bond acceptors (Lipinski definition) is 3. The van der Waals surface area contributed by atoms with Gasteiger partial charge in [-0.2, -0.15) is 11.3 Å². The Morgan fingerprint density at radius 1 is 1.71 bits per heavy atom. The van der Waals surface area contributed by atoms with Gasteiger partial charge in [-0.3, -0.25) is 4.79 Å². The van der Waals surface area contributed by atoms with E-state index in [4.69, 9.17) is 5.73 Å². The van der Waals surface area contributed by atoms with E-state index >= 15 is 0 Å². The molecule has 0 saturated carbocycles. The molecular formula is C12H19ClN2OS. The van der Waals surface area contributed by atoms with E-state index in [0.717, 1.165) is 19.4 Å². The minimum Gasteiger partial charge on any atom is -0.334 e. The number of nitrogens with two attached hydrogens (primary N) is 1. The number of halogens is 1. The van der Waals surface area contributed by atoms with Gasteiger partial charge in [0.25, 0.3) is 0 Å². The summed E-state index contributed by atoms with van der Waals surface area (Å²) in [6.07, 6.45) is 2.87. The summed E-state index contributed by atoms with van der Waals surface area (Å²) in [5.74, 6) is 0.108. The number of amides is 1. The van der Waals surface area contributed by atoms with E-state index in [1.54, 1.807) is 11.3 Å². The summed E-state index contributed by atoms with van der Waals surface area (Å²) >= 11 is 1.69. The summed E-state index contributed by atoms with van der Waals surface area (Å²) in [7, 11) is 0. The Morgan fingerprint density at radius 3 is 3.06 bits per heavy atom. The van der Waals surface area contributed by atoms with Crippen molar-refractivity contribution in [3.05, 3.63) is 22.4 Å². The molecule has 1 amide bonds. The van der Waals surface area contributed by atoms with E-state index in [1.807, 2.05) is 11.8 Å². The zero-order valence-corrected chi connectivity index (χ0v) is 11.6. The molecule has 1 aromatic rings. The molecule has 5 heteroatoms. The molecule has 1 aromatic heterocycles. The highest BCUT2D eigenvalue weighted by atomic mass is 35.5. The maximum Gasteiger partial charge on any atom is 0.239 e. The largest absolute Gasteiger partial charge is 0.334 e. The smallest absolute Gasteiger partial charge is 0.239 e. The molecule has 1 aliphatic heterocycles. The fraction of sp³-hybridized carbons (Fsp3) is 0.583. The third kappa shape index (κ3) is 3.00. The van der Waals surface area contributed by atoms with Gasteiger partial charge in [-0.15, -0.1) is 12.4 Å². The van der Waals surface area contributed by atoms with Gasteiger partial charge >= 0.3 is 0 Å². The third-order valence-electron chi connectivity index (χ3n) is 3.22. The van der Waals surface area contributed by atoms with Gasteiger partial charge in [-0.1, -0.05) is 6.92 Å². The zero-order valence-electron chi connectivity index (χ0n) is 9.96. The molecule has 2 N–H and O–H groups in total. The molecule has 17 heavy (non-hydrogen) atoms. The Hall–Kier alpha value is -0.580. The maximum atomic E-state index is 12.1. The second-order valence-electron chi connectivity index (χ2n) is 4.26. The molecule has 1 aliphatic rings. The van der Waals surface area contributed by atoms with E-state index in [-0.39, 0.29) is 30.4 Å². The van der Waals surface area contributed by atoms with Crippen LogP contribution in [-0.2, 0) is 4.79 Å². The number of nitrogens with zero attached hydrogens (tertiary/aromatic N) is 1. The minimum absolute atomic E-state index is 0. The molecular weight excluding hydrogens is 256 g/mol. The van der Waals surface area contributed by atoms with Gasteiger partial charge in [0, 0.05) is 6.54 Å². The van der Waals surface area contributed by atoms with Gasteiger partial charge in [0.05, 0.1) is 12.1 Å². The Labute approximate surface area is 112 Å². The van der Waals surface area contributed by atoms with Crippen molar-refractivity contribution in [2.24, 2.45) is 5.73 Å². The summed E-state index contributed by atoms with van der Waals surface area (Å²) in [6, 6.07) is 2.04. The second-order valence-corrected chi connectivity index (χ2v) is 5.04. The Morgan fingerprint density at radius 2 is 2.47 bits per heavy atom. The minimum atomic E-state index is -0.334. The van der Waals surface area contributed by atoms with E-state index in [2.05, 4.69) is 16.8 Å². The fourth-order valence-corrected chi connectivity index (χ4v) is 2.94. The summed E-state index contributed by atoms with van der Waals surface area (Å²) in [6.45, 7) is 2.81. The SMILES string of the molecule is CC[C@H](N)C(=O)N1CCCC1c1ccsc1.Cl. The van der Waals surface area contributed by atoms with Crippen molar-refractivity contribution < 1.29 is 4.79 Å². The van der Waals surface area contributed by atoms with E-state index < -0.39 is 0 Å². The Kier molecular flexibility index (Phi) is 5.43. The normalized spacial score (nSPS) is 21.1. The molecule has 3 nitrogen and oxygen atoms in total. The van der Waals surface area contributed by atoms with Crippen molar-refractivity contribution in [3.63, 3.8) is 0 Å². The van der Waals surface area contributed by atoms with Crippen LogP contribution in [0.2, 0.25) is 0 Å². The van der Waals surface area contributed by atoms with E-state index in [1.165, 1.54) is 5.56 Å². The molecule has 0 spiro atoms. The highest BCUT2D eigenvalue weighted by Crippen LogP contribution is 2.33. The van der Waals surface area contributed by atoms with Crippen LogP contribution in [0.15, 0.2) is 16.8 Å². The standard InChI is InChI=1S/C12H18N2OS.ClH/c1-2-10(13)12(15)14-6-3-4-11(14)9-5-7-16-8-9;/h5,7-8,10-11H,2-4,6,13H2,1H3;1H/t10-,11?;/m0./s1. The van der Waals surface area contributed by atoms with Crippen molar-refractivity contribution in [2.75, 3.05) is 6.54 Å². The van der Waals surface area contributed by atoms with Crippen molar-refractivity contribution in [3.8, 4) is 0 Å². The average Bonchev–Trinajstić information content (AvgIpc) is 2.95. The Balaban J connectivity index is 0.00000144. The van der Waals surface area contributed by atoms with Gasteiger partial charge in [0.15, 0.2) is 0 Å². The predicted octanol–water partition coefficient (Wildman–Crippen LogP) is 2.57. The van der Waals surface area contributed by atoms with Crippen LogP contribution in [0.5, 0.6) is 0 Å². The lowest BCUT2D eigenvalue weighted by Crippen LogP contribution is -2.42. The lowest BCUT2D eigenvalue weighted by Gasteiger charge is -2.26. The number of hydrogen-bond donors (Lipinski definition) is 1. The first-order valence-electron chi connectivity index (χ1n) is 5.82. The molecule has 0 radical (unpaired) electrons. The van der Waals surface area contributed by atoms with Crippen LogP contribution in [0.1, 0.15) is 37.8 Å². The molecule has 1 saturated heterocycles. The highest BCUT2D eigenvalue weighted by Gasteiger charge is 2.32. The molecule has 0 aromatic carbocycles. The highest BCUT2D eigenvalue weighted by molar-refractivity contribution is 7.07. The Bertz CT molecular complexity index is 355. The lowest BCUT2D eigenvalue weighted by molar-refractivity contribution is -0.133. The van der Waals surface area contributed by atoms with Crippen molar-refractivity contribution in [1.82, 2.24) is 4.90 Å². The predicted molar refractivity (Wildman–Crippen MR) is 73.5 cm³/mol. The summed E-state index contributed by atoms with van der Waals surface area (Å²) < 4.78 is 0. The number of likely N-dealkylation sites (tertiary alicyclic amines) is 1. The fourth-order valence-electron chi connectivity index (χ4n) is 2.23. The van der Waals surface area contributed by atoms with Crippen molar-refractivity contribution in [1.29, 1.82) is 0 Å². The van der Waals surface area contributed by atoms with E-state index in [9.17, 15) is 4.79 Å². The summed E-state index contributed by atoms with van der Waals surface area (Å²) in [5, 5.41) is 4.20.